The summed E-state index contributed by atoms with van der Waals surface area (Å²) in [6.07, 6.45) is 1.74. The Morgan fingerprint density at radius 2 is 1.84 bits per heavy atom. The van der Waals surface area contributed by atoms with Crippen LogP contribution in [0.4, 0.5) is 0 Å². The molecule has 104 valence electrons. The van der Waals surface area contributed by atoms with Crippen molar-refractivity contribution in [2.75, 3.05) is 14.2 Å². The molecule has 5 nitrogen and oxygen atoms in total. The summed E-state index contributed by atoms with van der Waals surface area (Å²) in [5.41, 5.74) is -0.372. The van der Waals surface area contributed by atoms with Crippen LogP contribution in [0.25, 0.3) is 0 Å². The fourth-order valence-corrected chi connectivity index (χ4v) is 3.80. The molecule has 2 aliphatic rings. The molecule has 2 aliphatic carbocycles. The molecule has 0 aromatic carbocycles. The highest BCUT2D eigenvalue weighted by atomic mass is 127. The Labute approximate surface area is 124 Å². The average Bonchev–Trinajstić information content (AvgIpc) is 2.71. The lowest BCUT2D eigenvalue weighted by molar-refractivity contribution is -0.171. The highest BCUT2D eigenvalue weighted by molar-refractivity contribution is 14.1. The van der Waals surface area contributed by atoms with Crippen LogP contribution >= 0.6 is 22.6 Å². The van der Waals surface area contributed by atoms with E-state index in [-0.39, 0.29) is 18.1 Å². The third kappa shape index (κ3) is 2.19. The molecule has 2 rings (SSSR count). The number of esters is 2. The first kappa shape index (κ1) is 14.5. The van der Waals surface area contributed by atoms with E-state index in [1.165, 1.54) is 14.2 Å². The second-order valence-corrected chi connectivity index (χ2v) is 6.02. The Kier molecular flexibility index (Phi) is 3.98. The summed E-state index contributed by atoms with van der Waals surface area (Å²) in [7, 11) is 2.52. The quantitative estimate of drug-likeness (QED) is 0.416. The molecular formula is C13H15IO5. The summed E-state index contributed by atoms with van der Waals surface area (Å²) >= 11 is 2.01. The molecule has 1 unspecified atom stereocenters. The number of methoxy groups -OCH3 is 2. The zero-order chi connectivity index (χ0) is 14.2. The monoisotopic (exact) mass is 378 g/mol. The van der Waals surface area contributed by atoms with E-state index in [9.17, 15) is 14.4 Å². The molecule has 0 heterocycles. The van der Waals surface area contributed by atoms with Gasteiger partial charge in [0.1, 0.15) is 0 Å². The van der Waals surface area contributed by atoms with Crippen molar-refractivity contribution in [1.82, 2.24) is 0 Å². The number of hydrogen-bond acceptors (Lipinski definition) is 5. The van der Waals surface area contributed by atoms with Crippen molar-refractivity contribution in [3.63, 3.8) is 0 Å². The van der Waals surface area contributed by atoms with Crippen molar-refractivity contribution in [2.24, 2.45) is 11.3 Å². The molecule has 0 spiro atoms. The lowest BCUT2D eigenvalue weighted by atomic mass is 9.68. The van der Waals surface area contributed by atoms with E-state index in [1.54, 1.807) is 0 Å². The van der Waals surface area contributed by atoms with E-state index in [2.05, 4.69) is 0 Å². The van der Waals surface area contributed by atoms with E-state index < -0.39 is 17.4 Å². The molecule has 1 saturated carbocycles. The minimum atomic E-state index is -1.28. The lowest BCUT2D eigenvalue weighted by Crippen LogP contribution is -2.44. The van der Waals surface area contributed by atoms with Crippen molar-refractivity contribution in [2.45, 2.75) is 25.7 Å². The van der Waals surface area contributed by atoms with Crippen molar-refractivity contribution in [3.8, 4) is 0 Å². The van der Waals surface area contributed by atoms with Crippen molar-refractivity contribution in [3.05, 3.63) is 9.15 Å². The van der Waals surface area contributed by atoms with Crippen LogP contribution in [0.3, 0.4) is 0 Å². The van der Waals surface area contributed by atoms with Gasteiger partial charge < -0.3 is 9.47 Å². The van der Waals surface area contributed by atoms with Crippen LogP contribution in [0.5, 0.6) is 0 Å². The van der Waals surface area contributed by atoms with Crippen LogP contribution in [-0.2, 0) is 23.9 Å². The number of ether oxygens (including phenoxy) is 2. The fourth-order valence-electron chi connectivity index (χ4n) is 2.95. The molecular weight excluding hydrogens is 363 g/mol. The summed E-state index contributed by atoms with van der Waals surface area (Å²) in [4.78, 5) is 35.8. The Morgan fingerprint density at radius 1 is 1.26 bits per heavy atom. The Bertz CT molecular complexity index is 463. The van der Waals surface area contributed by atoms with Crippen LogP contribution in [0.1, 0.15) is 25.7 Å². The summed E-state index contributed by atoms with van der Waals surface area (Å²) < 4.78 is 10.2. The van der Waals surface area contributed by atoms with Crippen LogP contribution in [0.15, 0.2) is 9.15 Å². The zero-order valence-corrected chi connectivity index (χ0v) is 13.0. The van der Waals surface area contributed by atoms with Crippen LogP contribution in [-0.4, -0.2) is 31.9 Å². The lowest BCUT2D eigenvalue weighted by Gasteiger charge is -2.35. The number of allylic oxidation sites excluding steroid dienone is 2. The topological polar surface area (TPSA) is 69.7 Å². The maximum absolute atomic E-state index is 12.0. The summed E-state index contributed by atoms with van der Waals surface area (Å²) in [6, 6.07) is 0. The smallest absolute Gasteiger partial charge is 0.323 e. The van der Waals surface area contributed by atoms with Gasteiger partial charge >= 0.3 is 11.9 Å². The molecule has 0 aromatic rings. The number of rotatable bonds is 2. The zero-order valence-electron chi connectivity index (χ0n) is 10.8. The predicted octanol–water partition coefficient (Wildman–Crippen LogP) is 1.78. The fraction of sp³-hybridized carbons (Fsp3) is 0.615. The number of ketones is 1. The Morgan fingerprint density at radius 3 is 2.37 bits per heavy atom. The predicted molar refractivity (Wildman–Crippen MR) is 74.5 cm³/mol. The molecule has 0 radical (unpaired) electrons. The third-order valence-electron chi connectivity index (χ3n) is 4.02. The van der Waals surface area contributed by atoms with Gasteiger partial charge in [0, 0.05) is 6.42 Å². The van der Waals surface area contributed by atoms with Gasteiger partial charge in [-0.1, -0.05) is 0 Å². The van der Waals surface area contributed by atoms with Gasteiger partial charge in [-0.25, -0.2) is 0 Å². The molecule has 0 bridgehead atoms. The number of carbonyl (C=O) groups excluding carboxylic acids is 3. The Balaban J connectivity index is 2.40. The second-order valence-electron chi connectivity index (χ2n) is 4.94. The maximum Gasteiger partial charge on any atom is 0.323 e. The van der Waals surface area contributed by atoms with Crippen LogP contribution in [0, 0.1) is 11.3 Å². The standard InChI is InChI=1S/C13H15IO5/c1-18-11(16)13(12(17)19-2)4-3-7-5-9(15)10(14)8(7)6-13/h7H,3-6H2,1-2H3. The largest absolute Gasteiger partial charge is 0.468 e. The molecule has 0 saturated heterocycles. The summed E-state index contributed by atoms with van der Waals surface area (Å²) in [5.74, 6) is -0.879. The number of hydrogen-bond donors (Lipinski definition) is 0. The number of fused-ring (bicyclic) bond motifs is 1. The van der Waals surface area contributed by atoms with Gasteiger partial charge in [-0.15, -0.1) is 0 Å². The average molecular weight is 378 g/mol. The van der Waals surface area contributed by atoms with Crippen molar-refractivity contribution >= 4 is 40.3 Å². The Hall–Kier alpha value is -0.920. The summed E-state index contributed by atoms with van der Waals surface area (Å²) in [6.45, 7) is 0. The van der Waals surface area contributed by atoms with Crippen LogP contribution in [0.2, 0.25) is 0 Å². The van der Waals surface area contributed by atoms with Gasteiger partial charge in [-0.3, -0.25) is 14.4 Å². The molecule has 0 aliphatic heterocycles. The van der Waals surface area contributed by atoms with Crippen molar-refractivity contribution < 1.29 is 23.9 Å². The molecule has 0 amide bonds. The van der Waals surface area contributed by atoms with Gasteiger partial charge in [-0.2, -0.15) is 0 Å². The normalized spacial score (nSPS) is 25.0. The van der Waals surface area contributed by atoms with Gasteiger partial charge in [0.15, 0.2) is 11.2 Å². The van der Waals surface area contributed by atoms with Gasteiger partial charge in [-0.05, 0) is 53.3 Å². The summed E-state index contributed by atoms with van der Waals surface area (Å²) in [5, 5.41) is 0. The maximum atomic E-state index is 12.0. The van der Waals surface area contributed by atoms with E-state index in [0.29, 0.717) is 22.8 Å². The molecule has 19 heavy (non-hydrogen) atoms. The highest BCUT2D eigenvalue weighted by Gasteiger charge is 2.54. The molecule has 1 atom stereocenters. The van der Waals surface area contributed by atoms with Crippen LogP contribution < -0.4 is 0 Å². The first-order valence-corrected chi connectivity index (χ1v) is 7.12. The first-order chi connectivity index (χ1) is 8.96. The number of halogens is 1. The first-order valence-electron chi connectivity index (χ1n) is 6.05. The molecule has 6 heteroatoms. The SMILES string of the molecule is COC(=O)C1(C(=O)OC)CCC2CC(=O)C(I)=C2C1. The number of Topliss-reactive ketones (excluding diaryl/α,β-unsaturated/α-hetero) is 1. The van der Waals surface area contributed by atoms with Crippen molar-refractivity contribution in [1.29, 1.82) is 0 Å². The van der Waals surface area contributed by atoms with E-state index >= 15 is 0 Å². The second kappa shape index (κ2) is 5.22. The number of carbonyl (C=O) groups is 3. The minimum absolute atomic E-state index is 0.103. The minimum Gasteiger partial charge on any atom is -0.468 e. The van der Waals surface area contributed by atoms with Gasteiger partial charge in [0.2, 0.25) is 0 Å². The van der Waals surface area contributed by atoms with Gasteiger partial charge in [0.25, 0.3) is 0 Å². The van der Waals surface area contributed by atoms with E-state index in [0.717, 1.165) is 5.57 Å². The third-order valence-corrected chi connectivity index (χ3v) is 5.31. The van der Waals surface area contributed by atoms with Gasteiger partial charge in [0.05, 0.1) is 17.8 Å². The molecule has 0 aromatic heterocycles. The van der Waals surface area contributed by atoms with E-state index in [4.69, 9.17) is 9.47 Å². The molecule has 0 N–H and O–H groups in total. The van der Waals surface area contributed by atoms with E-state index in [1.807, 2.05) is 22.6 Å². The highest BCUT2D eigenvalue weighted by Crippen LogP contribution is 2.50. The molecule has 1 fully saturated rings.